The smallest absolute Gasteiger partial charge is 0.402 e. The lowest BCUT2D eigenvalue weighted by Crippen LogP contribution is -2.17. The SMILES string of the molecule is [O]c1c(OC(F)(F)F)ccc2ccccc12. The van der Waals surface area contributed by atoms with Crippen LogP contribution < -0.4 is 4.74 Å². The Kier molecular flexibility index (Phi) is 2.38. The van der Waals surface area contributed by atoms with E-state index in [1.165, 1.54) is 12.1 Å². The molecule has 0 saturated carbocycles. The van der Waals surface area contributed by atoms with Crippen LogP contribution in [0.15, 0.2) is 36.4 Å². The van der Waals surface area contributed by atoms with E-state index in [9.17, 15) is 18.3 Å². The Morgan fingerprint density at radius 3 is 2.38 bits per heavy atom. The van der Waals surface area contributed by atoms with Crippen LogP contribution in [0.1, 0.15) is 0 Å². The molecular weight excluding hydrogens is 221 g/mol. The largest absolute Gasteiger partial charge is 0.573 e. The van der Waals surface area contributed by atoms with E-state index in [1.54, 1.807) is 18.2 Å². The third-order valence-electron chi connectivity index (χ3n) is 2.07. The van der Waals surface area contributed by atoms with Gasteiger partial charge in [0, 0.05) is 5.39 Å². The van der Waals surface area contributed by atoms with Crippen molar-refractivity contribution in [3.63, 3.8) is 0 Å². The van der Waals surface area contributed by atoms with Gasteiger partial charge >= 0.3 is 6.36 Å². The van der Waals surface area contributed by atoms with Crippen LogP contribution >= 0.6 is 0 Å². The topological polar surface area (TPSA) is 29.1 Å². The van der Waals surface area contributed by atoms with Crippen molar-refractivity contribution in [3.8, 4) is 11.5 Å². The van der Waals surface area contributed by atoms with Gasteiger partial charge in [0.2, 0.25) is 5.75 Å². The normalized spacial score (nSPS) is 11.7. The van der Waals surface area contributed by atoms with Crippen LogP contribution in [0.3, 0.4) is 0 Å². The van der Waals surface area contributed by atoms with E-state index in [0.29, 0.717) is 5.39 Å². The standard InChI is InChI=1S/C11H6F3O2/c12-11(13,14)16-9-6-5-7-3-1-2-4-8(7)10(9)15/h1-6H. The molecule has 83 valence electrons. The van der Waals surface area contributed by atoms with Crippen LogP contribution in [0.2, 0.25) is 0 Å². The maximum absolute atomic E-state index is 12.0. The fourth-order valence-corrected chi connectivity index (χ4v) is 1.43. The summed E-state index contributed by atoms with van der Waals surface area (Å²) < 4.78 is 39.5. The highest BCUT2D eigenvalue weighted by Crippen LogP contribution is 2.37. The number of rotatable bonds is 1. The van der Waals surface area contributed by atoms with Crippen molar-refractivity contribution in [2.75, 3.05) is 0 Å². The highest BCUT2D eigenvalue weighted by molar-refractivity contribution is 5.90. The van der Waals surface area contributed by atoms with Crippen molar-refractivity contribution in [2.24, 2.45) is 0 Å². The van der Waals surface area contributed by atoms with Crippen molar-refractivity contribution >= 4 is 10.8 Å². The van der Waals surface area contributed by atoms with E-state index in [0.717, 1.165) is 6.07 Å². The van der Waals surface area contributed by atoms with Gasteiger partial charge in [-0.1, -0.05) is 30.3 Å². The summed E-state index contributed by atoms with van der Waals surface area (Å²) in [6.45, 7) is 0. The summed E-state index contributed by atoms with van der Waals surface area (Å²) in [5, 5.41) is 12.4. The molecule has 0 aliphatic heterocycles. The Bertz CT molecular complexity index is 520. The number of ether oxygens (including phenoxy) is 1. The number of benzene rings is 2. The number of alkyl halides is 3. The summed E-state index contributed by atoms with van der Waals surface area (Å²) >= 11 is 0. The van der Waals surface area contributed by atoms with E-state index >= 15 is 0 Å². The van der Waals surface area contributed by atoms with Gasteiger partial charge in [0.25, 0.3) is 0 Å². The first-order chi connectivity index (χ1) is 7.47. The lowest BCUT2D eigenvalue weighted by Gasteiger charge is -2.10. The van der Waals surface area contributed by atoms with Crippen LogP contribution in [-0.2, 0) is 5.11 Å². The zero-order valence-corrected chi connectivity index (χ0v) is 7.91. The van der Waals surface area contributed by atoms with E-state index < -0.39 is 17.9 Å². The summed E-state index contributed by atoms with van der Waals surface area (Å²) in [4.78, 5) is 0. The second-order valence-corrected chi connectivity index (χ2v) is 3.16. The van der Waals surface area contributed by atoms with Crippen molar-refractivity contribution in [3.05, 3.63) is 36.4 Å². The molecule has 0 atom stereocenters. The van der Waals surface area contributed by atoms with Crippen LogP contribution in [0, 0.1) is 0 Å². The molecule has 0 unspecified atom stereocenters. The summed E-state index contributed by atoms with van der Waals surface area (Å²) in [7, 11) is 0. The van der Waals surface area contributed by atoms with Crippen molar-refractivity contribution in [1.82, 2.24) is 0 Å². The van der Waals surface area contributed by atoms with Gasteiger partial charge < -0.3 is 4.74 Å². The quantitative estimate of drug-likeness (QED) is 0.726. The second kappa shape index (κ2) is 3.59. The van der Waals surface area contributed by atoms with Gasteiger partial charge in [0.1, 0.15) is 0 Å². The second-order valence-electron chi connectivity index (χ2n) is 3.16. The first kappa shape index (κ1) is 10.6. The molecule has 0 fully saturated rings. The molecule has 2 aromatic carbocycles. The summed E-state index contributed by atoms with van der Waals surface area (Å²) in [6.07, 6.45) is -4.85. The van der Waals surface area contributed by atoms with Gasteiger partial charge in [-0.15, -0.1) is 13.2 Å². The molecule has 2 nitrogen and oxygen atoms in total. The molecule has 0 bridgehead atoms. The van der Waals surface area contributed by atoms with Gasteiger partial charge in [-0.2, -0.15) is 0 Å². The third-order valence-corrected chi connectivity index (χ3v) is 2.07. The summed E-state index contributed by atoms with van der Waals surface area (Å²) in [5.74, 6) is -1.46. The fourth-order valence-electron chi connectivity index (χ4n) is 1.43. The average Bonchev–Trinajstić information content (AvgIpc) is 2.21. The Hall–Kier alpha value is -1.91. The molecule has 2 aromatic rings. The van der Waals surface area contributed by atoms with Gasteiger partial charge in [-0.3, -0.25) is 5.11 Å². The minimum atomic E-state index is -4.85. The van der Waals surface area contributed by atoms with E-state index in [1.807, 2.05) is 0 Å². The van der Waals surface area contributed by atoms with E-state index in [4.69, 9.17) is 0 Å². The molecule has 0 heterocycles. The zero-order chi connectivity index (χ0) is 11.8. The first-order valence-electron chi connectivity index (χ1n) is 4.42. The van der Waals surface area contributed by atoms with E-state index in [2.05, 4.69) is 4.74 Å². The number of halogens is 3. The highest BCUT2D eigenvalue weighted by Gasteiger charge is 2.32. The number of fused-ring (bicyclic) bond motifs is 1. The zero-order valence-electron chi connectivity index (χ0n) is 7.91. The minimum Gasteiger partial charge on any atom is -0.402 e. The highest BCUT2D eigenvalue weighted by atomic mass is 19.4. The predicted octanol–water partition coefficient (Wildman–Crippen LogP) is 3.88. The van der Waals surface area contributed by atoms with Gasteiger partial charge in [-0.05, 0) is 11.5 Å². The molecule has 1 radical (unpaired) electrons. The van der Waals surface area contributed by atoms with Gasteiger partial charge in [0.05, 0.1) is 0 Å². The summed E-state index contributed by atoms with van der Waals surface area (Å²) in [6, 6.07) is 8.83. The Morgan fingerprint density at radius 2 is 1.69 bits per heavy atom. The minimum absolute atomic E-state index is 0.212. The molecule has 0 amide bonds. The molecular formula is C11H6F3O2. The number of hydrogen-bond acceptors (Lipinski definition) is 1. The molecule has 5 heteroatoms. The van der Waals surface area contributed by atoms with Crippen LogP contribution in [-0.4, -0.2) is 6.36 Å². The van der Waals surface area contributed by atoms with Crippen LogP contribution in [0.25, 0.3) is 10.8 Å². The predicted molar refractivity (Wildman–Crippen MR) is 50.8 cm³/mol. The summed E-state index contributed by atoms with van der Waals surface area (Å²) in [5.41, 5.74) is 0. The van der Waals surface area contributed by atoms with Gasteiger partial charge in [0.15, 0.2) is 5.75 Å². The van der Waals surface area contributed by atoms with Gasteiger partial charge in [-0.25, -0.2) is 0 Å². The van der Waals surface area contributed by atoms with Crippen molar-refractivity contribution in [2.45, 2.75) is 6.36 Å². The lowest BCUT2D eigenvalue weighted by atomic mass is 10.1. The monoisotopic (exact) mass is 227 g/mol. The van der Waals surface area contributed by atoms with E-state index in [-0.39, 0.29) is 5.39 Å². The molecule has 0 aliphatic rings. The fraction of sp³-hybridized carbons (Fsp3) is 0.0909. The maximum atomic E-state index is 12.0. The molecule has 0 aliphatic carbocycles. The average molecular weight is 227 g/mol. The van der Waals surface area contributed by atoms with Crippen molar-refractivity contribution in [1.29, 1.82) is 0 Å². The molecule has 16 heavy (non-hydrogen) atoms. The Morgan fingerprint density at radius 1 is 1.00 bits per heavy atom. The molecule has 0 saturated heterocycles. The maximum Gasteiger partial charge on any atom is 0.573 e. The van der Waals surface area contributed by atoms with Crippen LogP contribution in [0.4, 0.5) is 13.2 Å². The number of hydrogen-bond donors (Lipinski definition) is 0. The van der Waals surface area contributed by atoms with Crippen molar-refractivity contribution < 1.29 is 23.0 Å². The Balaban J connectivity index is 2.53. The third kappa shape index (κ3) is 2.03. The molecule has 0 aromatic heterocycles. The first-order valence-corrected chi connectivity index (χ1v) is 4.42. The molecule has 0 N–H and O–H groups in total. The Labute approximate surface area is 88.9 Å². The lowest BCUT2D eigenvalue weighted by molar-refractivity contribution is -0.275. The van der Waals surface area contributed by atoms with Crippen LogP contribution in [0.5, 0.6) is 11.5 Å². The molecule has 2 rings (SSSR count). The molecule has 0 spiro atoms.